The van der Waals surface area contributed by atoms with Crippen LogP contribution in [-0.2, 0) is 9.59 Å². The first kappa shape index (κ1) is 11.1. The summed E-state index contributed by atoms with van der Waals surface area (Å²) >= 11 is 0. The van der Waals surface area contributed by atoms with Gasteiger partial charge >= 0.3 is 0 Å². The first-order valence-corrected chi connectivity index (χ1v) is 5.99. The monoisotopic (exact) mass is 243 g/mol. The van der Waals surface area contributed by atoms with Crippen LogP contribution in [0.4, 0.5) is 5.95 Å². The minimum atomic E-state index is -0.231. The Bertz CT molecular complexity index is 538. The average Bonchev–Trinajstić information content (AvgIpc) is 2.63. The van der Waals surface area contributed by atoms with Crippen LogP contribution < -0.4 is 4.90 Å². The summed E-state index contributed by atoms with van der Waals surface area (Å²) in [7, 11) is 0. The number of hydrogen-bond donors (Lipinski definition) is 0. The maximum absolute atomic E-state index is 12.3. The fourth-order valence-corrected chi connectivity index (χ4v) is 2.64. The van der Waals surface area contributed by atoms with Gasteiger partial charge in [-0.15, -0.1) is 0 Å². The van der Waals surface area contributed by atoms with E-state index in [4.69, 9.17) is 0 Å². The minimum Gasteiger partial charge on any atom is -0.274 e. The van der Waals surface area contributed by atoms with Crippen molar-refractivity contribution in [3.63, 3.8) is 0 Å². The third kappa shape index (κ3) is 1.54. The Balaban J connectivity index is 1.96. The normalized spacial score (nSPS) is 27.2. The average molecular weight is 243 g/mol. The van der Waals surface area contributed by atoms with Crippen LogP contribution in [0.2, 0.25) is 0 Å². The number of anilines is 1. The molecule has 1 aromatic heterocycles. The molecule has 2 atom stereocenters. The number of fused-ring (bicyclic) bond motifs is 1. The molecule has 2 aliphatic rings. The lowest BCUT2D eigenvalue weighted by atomic mass is 9.82. The molecule has 0 aromatic carbocycles. The molecular weight excluding hydrogens is 230 g/mol. The van der Waals surface area contributed by atoms with Crippen LogP contribution >= 0.6 is 0 Å². The van der Waals surface area contributed by atoms with Crippen molar-refractivity contribution < 1.29 is 9.59 Å². The van der Waals surface area contributed by atoms with E-state index in [1.54, 1.807) is 6.07 Å². The lowest BCUT2D eigenvalue weighted by Crippen LogP contribution is -2.32. The Hall–Kier alpha value is -2.04. The zero-order chi connectivity index (χ0) is 12.7. The van der Waals surface area contributed by atoms with Crippen molar-refractivity contribution in [3.05, 3.63) is 30.1 Å². The molecule has 5 heteroatoms. The molecule has 18 heavy (non-hydrogen) atoms. The van der Waals surface area contributed by atoms with Crippen LogP contribution in [0.1, 0.15) is 19.8 Å². The van der Waals surface area contributed by atoms with E-state index in [0.29, 0.717) is 12.8 Å². The van der Waals surface area contributed by atoms with Crippen LogP contribution in [-0.4, -0.2) is 21.8 Å². The Morgan fingerprint density at radius 3 is 2.56 bits per heavy atom. The number of carbonyl (C=O) groups excluding carboxylic acids is 2. The summed E-state index contributed by atoms with van der Waals surface area (Å²) in [6.07, 6.45) is 6.42. The van der Waals surface area contributed by atoms with Gasteiger partial charge in [-0.25, -0.2) is 14.9 Å². The van der Waals surface area contributed by atoms with E-state index in [2.05, 4.69) is 9.97 Å². The van der Waals surface area contributed by atoms with Crippen LogP contribution in [0, 0.1) is 11.8 Å². The summed E-state index contributed by atoms with van der Waals surface area (Å²) in [4.78, 5) is 33.7. The number of allylic oxidation sites excluding steroid dienone is 2. The Labute approximate surface area is 105 Å². The van der Waals surface area contributed by atoms with E-state index in [-0.39, 0.29) is 29.6 Å². The van der Waals surface area contributed by atoms with Crippen molar-refractivity contribution >= 4 is 17.8 Å². The zero-order valence-corrected chi connectivity index (χ0v) is 10.0. The fourth-order valence-electron chi connectivity index (χ4n) is 2.64. The number of aromatic nitrogens is 2. The van der Waals surface area contributed by atoms with E-state index in [0.717, 1.165) is 4.90 Å². The Morgan fingerprint density at radius 2 is 1.83 bits per heavy atom. The van der Waals surface area contributed by atoms with Crippen molar-refractivity contribution in [2.45, 2.75) is 19.8 Å². The topological polar surface area (TPSA) is 63.2 Å². The van der Waals surface area contributed by atoms with Crippen molar-refractivity contribution in [2.24, 2.45) is 11.8 Å². The number of imide groups is 1. The summed E-state index contributed by atoms with van der Waals surface area (Å²) in [6.45, 7) is 2.00. The second-order valence-corrected chi connectivity index (χ2v) is 4.76. The molecule has 1 fully saturated rings. The number of carbonyl (C=O) groups is 2. The van der Waals surface area contributed by atoms with E-state index < -0.39 is 0 Å². The molecule has 0 radical (unpaired) electrons. The zero-order valence-electron chi connectivity index (χ0n) is 10.0. The predicted octanol–water partition coefficient (Wildman–Crippen LogP) is 1.32. The molecule has 0 bridgehead atoms. The summed E-state index contributed by atoms with van der Waals surface area (Å²) in [5.41, 5.74) is 1.17. The van der Waals surface area contributed by atoms with Crippen LogP contribution in [0.15, 0.2) is 30.1 Å². The van der Waals surface area contributed by atoms with E-state index in [9.17, 15) is 9.59 Å². The molecule has 0 spiro atoms. The smallest absolute Gasteiger partial charge is 0.240 e. The lowest BCUT2D eigenvalue weighted by Gasteiger charge is -2.18. The summed E-state index contributed by atoms with van der Waals surface area (Å²) in [6, 6.07) is 1.66. The molecule has 2 amide bonds. The highest BCUT2D eigenvalue weighted by atomic mass is 16.2. The van der Waals surface area contributed by atoms with Gasteiger partial charge in [0.25, 0.3) is 0 Å². The molecule has 2 heterocycles. The predicted molar refractivity (Wildman–Crippen MR) is 64.5 cm³/mol. The molecule has 3 rings (SSSR count). The lowest BCUT2D eigenvalue weighted by molar-refractivity contribution is -0.122. The molecule has 0 unspecified atom stereocenters. The largest absolute Gasteiger partial charge is 0.274 e. The van der Waals surface area contributed by atoms with Gasteiger partial charge in [-0.2, -0.15) is 0 Å². The highest BCUT2D eigenvalue weighted by molar-refractivity contribution is 6.21. The molecule has 5 nitrogen and oxygen atoms in total. The molecule has 0 N–H and O–H groups in total. The minimum absolute atomic E-state index is 0.163. The van der Waals surface area contributed by atoms with E-state index >= 15 is 0 Å². The molecule has 1 aliphatic carbocycles. The van der Waals surface area contributed by atoms with Crippen molar-refractivity contribution in [2.75, 3.05) is 4.90 Å². The van der Waals surface area contributed by atoms with Gasteiger partial charge in [0.1, 0.15) is 0 Å². The SMILES string of the molecule is CC1=CC[C@@H]2C(=O)N(c3ncccn3)C(=O)[C@H]2C1. The number of hydrogen-bond acceptors (Lipinski definition) is 4. The number of rotatable bonds is 1. The van der Waals surface area contributed by atoms with Gasteiger partial charge in [0.2, 0.25) is 17.8 Å². The third-order valence-corrected chi connectivity index (χ3v) is 3.58. The highest BCUT2D eigenvalue weighted by Crippen LogP contribution is 2.38. The van der Waals surface area contributed by atoms with Crippen LogP contribution in [0.5, 0.6) is 0 Å². The van der Waals surface area contributed by atoms with Gasteiger partial charge in [0, 0.05) is 12.4 Å². The molecule has 0 saturated carbocycles. The molecule has 1 aliphatic heterocycles. The van der Waals surface area contributed by atoms with Crippen LogP contribution in [0.25, 0.3) is 0 Å². The summed E-state index contributed by atoms with van der Waals surface area (Å²) in [5.74, 6) is -0.598. The van der Waals surface area contributed by atoms with Gasteiger partial charge in [-0.05, 0) is 25.8 Å². The quantitative estimate of drug-likeness (QED) is 0.551. The number of nitrogens with zero attached hydrogens (tertiary/aromatic N) is 3. The van der Waals surface area contributed by atoms with Gasteiger partial charge < -0.3 is 0 Å². The number of amides is 2. The standard InChI is InChI=1S/C13H13N3O2/c1-8-3-4-9-10(7-8)12(18)16(11(9)17)13-14-5-2-6-15-13/h2-3,5-6,9-10H,4,7H2,1H3/t9-,10-/m0/s1. The van der Waals surface area contributed by atoms with Gasteiger partial charge in [-0.3, -0.25) is 9.59 Å². The van der Waals surface area contributed by atoms with E-state index in [1.807, 2.05) is 13.0 Å². The van der Waals surface area contributed by atoms with E-state index in [1.165, 1.54) is 18.0 Å². The second-order valence-electron chi connectivity index (χ2n) is 4.76. The fraction of sp³-hybridized carbons (Fsp3) is 0.385. The molecule has 1 saturated heterocycles. The maximum Gasteiger partial charge on any atom is 0.240 e. The summed E-state index contributed by atoms with van der Waals surface area (Å²) < 4.78 is 0. The molecular formula is C13H13N3O2. The van der Waals surface area contributed by atoms with Crippen molar-refractivity contribution in [1.82, 2.24) is 9.97 Å². The van der Waals surface area contributed by atoms with Gasteiger partial charge in [0.05, 0.1) is 11.8 Å². The van der Waals surface area contributed by atoms with Crippen molar-refractivity contribution in [3.8, 4) is 0 Å². The molecule has 92 valence electrons. The Morgan fingerprint density at radius 1 is 1.17 bits per heavy atom. The van der Waals surface area contributed by atoms with Crippen LogP contribution in [0.3, 0.4) is 0 Å². The second kappa shape index (κ2) is 4.01. The Kier molecular flexibility index (Phi) is 2.47. The summed E-state index contributed by atoms with van der Waals surface area (Å²) in [5, 5.41) is 0. The highest BCUT2D eigenvalue weighted by Gasteiger charge is 2.49. The third-order valence-electron chi connectivity index (χ3n) is 3.58. The first-order chi connectivity index (χ1) is 8.68. The first-order valence-electron chi connectivity index (χ1n) is 5.99. The maximum atomic E-state index is 12.3. The van der Waals surface area contributed by atoms with Gasteiger partial charge in [-0.1, -0.05) is 11.6 Å². The van der Waals surface area contributed by atoms with Crippen molar-refractivity contribution in [1.29, 1.82) is 0 Å². The van der Waals surface area contributed by atoms with Gasteiger partial charge in [0.15, 0.2) is 0 Å². The molecule has 1 aromatic rings.